The Hall–Kier alpha value is -3.22. The highest BCUT2D eigenvalue weighted by Crippen LogP contribution is 2.25. The number of rotatable bonds is 5. The van der Waals surface area contributed by atoms with Crippen LogP contribution in [-0.2, 0) is 6.61 Å². The summed E-state index contributed by atoms with van der Waals surface area (Å²) in [6, 6.07) is 14.3. The van der Waals surface area contributed by atoms with Crippen molar-refractivity contribution in [1.29, 1.82) is 0 Å². The maximum Gasteiger partial charge on any atom is 0.406 e. The third kappa shape index (κ3) is 2.93. The van der Waals surface area contributed by atoms with Crippen LogP contribution < -0.4 is 4.74 Å². The molecule has 0 aliphatic heterocycles. The van der Waals surface area contributed by atoms with Gasteiger partial charge in [0, 0.05) is 11.6 Å². The standard InChI is InChI=1S/C15H11N3O4/c19-18(20)15-13(7-4-8-16-15)21-10-12-9-14(22-17-12)11-5-2-1-3-6-11/h1-9H,10H2. The molecule has 110 valence electrons. The van der Waals surface area contributed by atoms with E-state index in [0.29, 0.717) is 11.5 Å². The SMILES string of the molecule is O=[N+]([O-])c1ncccc1OCc1cc(-c2ccccc2)on1. The van der Waals surface area contributed by atoms with Crippen LogP contribution in [0.2, 0.25) is 0 Å². The third-order valence-corrected chi connectivity index (χ3v) is 2.92. The number of nitrogens with zero attached hydrogens (tertiary/aromatic N) is 3. The van der Waals surface area contributed by atoms with E-state index in [9.17, 15) is 10.1 Å². The molecule has 3 aromatic rings. The Morgan fingerprint density at radius 3 is 2.77 bits per heavy atom. The van der Waals surface area contributed by atoms with E-state index in [1.807, 2.05) is 30.3 Å². The second-order valence-electron chi connectivity index (χ2n) is 4.42. The first-order valence-corrected chi connectivity index (χ1v) is 6.47. The van der Waals surface area contributed by atoms with E-state index >= 15 is 0 Å². The molecule has 0 amide bonds. The monoisotopic (exact) mass is 297 g/mol. The summed E-state index contributed by atoms with van der Waals surface area (Å²) in [6.07, 6.45) is 1.34. The average Bonchev–Trinajstić information content (AvgIpc) is 3.03. The lowest BCUT2D eigenvalue weighted by Crippen LogP contribution is -2.00. The highest BCUT2D eigenvalue weighted by atomic mass is 16.6. The predicted octanol–water partition coefficient (Wildman–Crippen LogP) is 3.22. The Morgan fingerprint density at radius 1 is 1.18 bits per heavy atom. The fourth-order valence-corrected chi connectivity index (χ4v) is 1.90. The molecule has 0 aliphatic rings. The van der Waals surface area contributed by atoms with E-state index in [1.54, 1.807) is 12.1 Å². The predicted molar refractivity (Wildman–Crippen MR) is 77.2 cm³/mol. The maximum atomic E-state index is 10.9. The molecule has 0 N–H and O–H groups in total. The first kappa shape index (κ1) is 13.7. The van der Waals surface area contributed by atoms with Gasteiger partial charge in [0.2, 0.25) is 5.75 Å². The molecule has 0 fully saturated rings. The first-order chi connectivity index (χ1) is 10.7. The van der Waals surface area contributed by atoms with Crippen LogP contribution in [0.1, 0.15) is 5.69 Å². The zero-order valence-electron chi connectivity index (χ0n) is 11.4. The van der Waals surface area contributed by atoms with Gasteiger partial charge in [0.25, 0.3) is 0 Å². The lowest BCUT2D eigenvalue weighted by Gasteiger charge is -2.03. The van der Waals surface area contributed by atoms with Gasteiger partial charge < -0.3 is 19.4 Å². The largest absolute Gasteiger partial charge is 0.479 e. The van der Waals surface area contributed by atoms with Crippen LogP contribution in [0.5, 0.6) is 5.75 Å². The van der Waals surface area contributed by atoms with Gasteiger partial charge in [-0.2, -0.15) is 0 Å². The van der Waals surface area contributed by atoms with Crippen molar-refractivity contribution in [3.63, 3.8) is 0 Å². The van der Waals surface area contributed by atoms with E-state index in [-0.39, 0.29) is 18.2 Å². The van der Waals surface area contributed by atoms with Crippen LogP contribution in [0.3, 0.4) is 0 Å². The van der Waals surface area contributed by atoms with Gasteiger partial charge >= 0.3 is 5.82 Å². The van der Waals surface area contributed by atoms with Crippen molar-refractivity contribution in [3.8, 4) is 17.1 Å². The van der Waals surface area contributed by atoms with Gasteiger partial charge in [-0.15, -0.1) is 0 Å². The molecule has 0 aliphatic carbocycles. The normalized spacial score (nSPS) is 10.4. The molecule has 7 nitrogen and oxygen atoms in total. The summed E-state index contributed by atoms with van der Waals surface area (Å²) in [6.45, 7) is 0.0584. The van der Waals surface area contributed by atoms with E-state index in [0.717, 1.165) is 5.56 Å². The van der Waals surface area contributed by atoms with Crippen LogP contribution in [0, 0.1) is 10.1 Å². The van der Waals surface area contributed by atoms with E-state index < -0.39 is 4.92 Å². The van der Waals surface area contributed by atoms with Crippen LogP contribution in [0.15, 0.2) is 59.3 Å². The lowest BCUT2D eigenvalue weighted by atomic mass is 10.2. The van der Waals surface area contributed by atoms with E-state index in [1.165, 1.54) is 12.3 Å². The number of ether oxygens (including phenoxy) is 1. The Bertz CT molecular complexity index is 786. The molecule has 0 bridgehead atoms. The summed E-state index contributed by atoms with van der Waals surface area (Å²) in [4.78, 5) is 13.9. The zero-order valence-corrected chi connectivity index (χ0v) is 11.4. The molecule has 3 rings (SSSR count). The summed E-state index contributed by atoms with van der Waals surface area (Å²) in [5, 5.41) is 14.7. The summed E-state index contributed by atoms with van der Waals surface area (Å²) in [7, 11) is 0. The van der Waals surface area contributed by atoms with Gasteiger partial charge in [-0.1, -0.05) is 35.5 Å². The second-order valence-corrected chi connectivity index (χ2v) is 4.42. The molecule has 2 heterocycles. The molecule has 22 heavy (non-hydrogen) atoms. The van der Waals surface area contributed by atoms with Gasteiger partial charge in [0.05, 0.1) is 0 Å². The number of benzene rings is 1. The number of nitro groups is 1. The minimum Gasteiger partial charge on any atom is -0.479 e. The van der Waals surface area contributed by atoms with Crippen LogP contribution >= 0.6 is 0 Å². The summed E-state index contributed by atoms with van der Waals surface area (Å²) in [5.41, 5.74) is 1.44. The first-order valence-electron chi connectivity index (χ1n) is 6.47. The van der Waals surface area contributed by atoms with Gasteiger partial charge in [-0.25, -0.2) is 0 Å². The number of pyridine rings is 1. The van der Waals surface area contributed by atoms with Gasteiger partial charge in [0.1, 0.15) is 18.5 Å². The van der Waals surface area contributed by atoms with Crippen LogP contribution in [-0.4, -0.2) is 15.1 Å². The highest BCUT2D eigenvalue weighted by molar-refractivity contribution is 5.56. The molecule has 0 radical (unpaired) electrons. The van der Waals surface area contributed by atoms with E-state index in [2.05, 4.69) is 10.1 Å². The Labute approximate surface area is 125 Å². The molecule has 0 spiro atoms. The topological polar surface area (TPSA) is 91.3 Å². The molecule has 7 heteroatoms. The quantitative estimate of drug-likeness (QED) is 0.530. The van der Waals surface area contributed by atoms with Crippen molar-refractivity contribution in [1.82, 2.24) is 10.1 Å². The molecule has 0 saturated heterocycles. The summed E-state index contributed by atoms with van der Waals surface area (Å²) in [5.74, 6) is 0.380. The fraction of sp³-hybridized carbons (Fsp3) is 0.0667. The van der Waals surface area contributed by atoms with Gasteiger partial charge in [-0.05, 0) is 22.0 Å². The number of aromatic nitrogens is 2. The molecule has 0 atom stereocenters. The molecule has 2 aromatic heterocycles. The van der Waals surface area contributed by atoms with Crippen LogP contribution in [0.25, 0.3) is 11.3 Å². The van der Waals surface area contributed by atoms with E-state index in [4.69, 9.17) is 9.26 Å². The van der Waals surface area contributed by atoms with Crippen LogP contribution in [0.4, 0.5) is 5.82 Å². The van der Waals surface area contributed by atoms with Crippen molar-refractivity contribution in [3.05, 3.63) is 70.5 Å². The van der Waals surface area contributed by atoms with Crippen molar-refractivity contribution >= 4 is 5.82 Å². The van der Waals surface area contributed by atoms with Gasteiger partial charge in [-0.3, -0.25) is 0 Å². The van der Waals surface area contributed by atoms with Crippen molar-refractivity contribution in [2.75, 3.05) is 0 Å². The fourth-order valence-electron chi connectivity index (χ4n) is 1.90. The molecular formula is C15H11N3O4. The Morgan fingerprint density at radius 2 is 2.00 bits per heavy atom. The van der Waals surface area contributed by atoms with Gasteiger partial charge in [0.15, 0.2) is 5.76 Å². The minimum atomic E-state index is -0.590. The molecular weight excluding hydrogens is 286 g/mol. The highest BCUT2D eigenvalue weighted by Gasteiger charge is 2.16. The smallest absolute Gasteiger partial charge is 0.406 e. The average molecular weight is 297 g/mol. The molecule has 1 aromatic carbocycles. The summed E-state index contributed by atoms with van der Waals surface area (Å²) < 4.78 is 10.6. The number of hydrogen-bond donors (Lipinski definition) is 0. The second kappa shape index (κ2) is 6.04. The van der Waals surface area contributed by atoms with Crippen molar-refractivity contribution in [2.45, 2.75) is 6.61 Å². The summed E-state index contributed by atoms with van der Waals surface area (Å²) >= 11 is 0. The Balaban J connectivity index is 1.73. The molecule has 0 saturated carbocycles. The van der Waals surface area contributed by atoms with Crippen molar-refractivity contribution < 1.29 is 14.2 Å². The lowest BCUT2D eigenvalue weighted by molar-refractivity contribution is -0.390. The Kier molecular flexibility index (Phi) is 3.78. The third-order valence-electron chi connectivity index (χ3n) is 2.92. The minimum absolute atomic E-state index is 0.0584. The number of hydrogen-bond acceptors (Lipinski definition) is 6. The maximum absolute atomic E-state index is 10.9. The van der Waals surface area contributed by atoms with Crippen molar-refractivity contribution in [2.24, 2.45) is 0 Å². The zero-order chi connectivity index (χ0) is 15.4. The molecule has 0 unspecified atom stereocenters.